The quantitative estimate of drug-likeness (QED) is 0.448. The fourth-order valence-electron chi connectivity index (χ4n) is 3.22. The molecule has 1 unspecified atom stereocenters. The lowest BCUT2D eigenvalue weighted by Gasteiger charge is -2.18. The van der Waals surface area contributed by atoms with E-state index in [0.29, 0.717) is 17.3 Å². The Bertz CT molecular complexity index is 1130. The molecule has 162 valence electrons. The summed E-state index contributed by atoms with van der Waals surface area (Å²) in [5.74, 6) is -1.48. The third-order valence-electron chi connectivity index (χ3n) is 4.73. The van der Waals surface area contributed by atoms with E-state index in [1.807, 2.05) is 0 Å². The predicted molar refractivity (Wildman–Crippen MR) is 109 cm³/mol. The standard InChI is InChI=1S/C22H21FN2O6/c1-12-20(22(29)25-17(11-27)21(24)28)15-10-13(6-7-18(15)30-12)31-19(8-9-26)14-4-2-3-5-16(14)23/h2-7,9-10,17,19,27H,8,11H2,1H3,(H2,24,28)(H,25,29)/t17-,19?/m0/s1. The zero-order valence-corrected chi connectivity index (χ0v) is 16.6. The second-order valence-corrected chi connectivity index (χ2v) is 6.83. The maximum atomic E-state index is 14.2. The molecule has 0 saturated carbocycles. The molecule has 0 saturated heterocycles. The van der Waals surface area contributed by atoms with E-state index in [1.54, 1.807) is 25.1 Å². The highest BCUT2D eigenvalue weighted by Gasteiger charge is 2.24. The van der Waals surface area contributed by atoms with Crippen LogP contribution in [0.15, 0.2) is 46.9 Å². The number of halogens is 1. The highest BCUT2D eigenvalue weighted by molar-refractivity contribution is 6.08. The van der Waals surface area contributed by atoms with E-state index in [-0.39, 0.29) is 29.1 Å². The summed E-state index contributed by atoms with van der Waals surface area (Å²) in [5.41, 5.74) is 5.90. The number of amides is 2. The van der Waals surface area contributed by atoms with E-state index in [9.17, 15) is 23.9 Å². The number of carbonyl (C=O) groups excluding carboxylic acids is 3. The summed E-state index contributed by atoms with van der Waals surface area (Å²) in [6, 6.07) is 9.40. The highest BCUT2D eigenvalue weighted by atomic mass is 19.1. The largest absolute Gasteiger partial charge is 0.485 e. The number of aliphatic hydroxyl groups is 1. The van der Waals surface area contributed by atoms with Crippen molar-refractivity contribution < 1.29 is 33.0 Å². The van der Waals surface area contributed by atoms with Gasteiger partial charge < -0.3 is 30.1 Å². The van der Waals surface area contributed by atoms with E-state index >= 15 is 0 Å². The molecule has 4 N–H and O–H groups in total. The number of primary amides is 1. The van der Waals surface area contributed by atoms with Crippen molar-refractivity contribution in [2.75, 3.05) is 6.61 Å². The van der Waals surface area contributed by atoms with Gasteiger partial charge in [0.15, 0.2) is 0 Å². The van der Waals surface area contributed by atoms with Gasteiger partial charge in [-0.05, 0) is 31.2 Å². The smallest absolute Gasteiger partial charge is 0.256 e. The van der Waals surface area contributed by atoms with Crippen LogP contribution >= 0.6 is 0 Å². The maximum absolute atomic E-state index is 14.2. The Balaban J connectivity index is 1.95. The molecule has 2 aromatic carbocycles. The molecule has 9 heteroatoms. The average molecular weight is 428 g/mol. The lowest BCUT2D eigenvalue weighted by Crippen LogP contribution is -2.46. The molecule has 2 atom stereocenters. The first-order valence-electron chi connectivity index (χ1n) is 9.44. The summed E-state index contributed by atoms with van der Waals surface area (Å²) in [5, 5.41) is 12.0. The normalized spacial score (nSPS) is 12.9. The van der Waals surface area contributed by atoms with Crippen LogP contribution in [0.1, 0.15) is 34.2 Å². The van der Waals surface area contributed by atoms with Gasteiger partial charge in [-0.3, -0.25) is 9.59 Å². The molecular weight excluding hydrogens is 407 g/mol. The fraction of sp³-hybridized carbons (Fsp3) is 0.227. The number of fused-ring (bicyclic) bond motifs is 1. The van der Waals surface area contributed by atoms with E-state index in [0.717, 1.165) is 0 Å². The van der Waals surface area contributed by atoms with Crippen LogP contribution in [0, 0.1) is 12.7 Å². The van der Waals surface area contributed by atoms with Gasteiger partial charge in [0.05, 0.1) is 12.2 Å². The third kappa shape index (κ3) is 4.72. The summed E-state index contributed by atoms with van der Waals surface area (Å²) in [7, 11) is 0. The molecule has 0 aliphatic carbocycles. The van der Waals surface area contributed by atoms with Crippen molar-refractivity contribution in [3.05, 3.63) is 65.2 Å². The van der Waals surface area contributed by atoms with E-state index in [4.69, 9.17) is 14.9 Å². The van der Waals surface area contributed by atoms with Crippen molar-refractivity contribution in [1.82, 2.24) is 5.32 Å². The van der Waals surface area contributed by atoms with Gasteiger partial charge in [-0.25, -0.2) is 4.39 Å². The number of rotatable bonds is 9. The monoisotopic (exact) mass is 428 g/mol. The van der Waals surface area contributed by atoms with Crippen LogP contribution in [-0.2, 0) is 9.59 Å². The third-order valence-corrected chi connectivity index (χ3v) is 4.73. The second kappa shape index (κ2) is 9.40. The van der Waals surface area contributed by atoms with Crippen molar-refractivity contribution in [1.29, 1.82) is 0 Å². The molecule has 2 amide bonds. The number of hydrogen-bond donors (Lipinski definition) is 3. The Hall–Kier alpha value is -3.72. The Morgan fingerprint density at radius 3 is 2.68 bits per heavy atom. The van der Waals surface area contributed by atoms with Crippen molar-refractivity contribution >= 4 is 29.1 Å². The van der Waals surface area contributed by atoms with Gasteiger partial charge in [-0.15, -0.1) is 0 Å². The van der Waals surface area contributed by atoms with Crippen molar-refractivity contribution in [2.24, 2.45) is 5.73 Å². The first-order valence-corrected chi connectivity index (χ1v) is 9.44. The molecule has 0 spiro atoms. The van der Waals surface area contributed by atoms with E-state index in [1.165, 1.54) is 24.3 Å². The van der Waals surface area contributed by atoms with Crippen LogP contribution in [0.25, 0.3) is 11.0 Å². The van der Waals surface area contributed by atoms with Crippen LogP contribution in [0.4, 0.5) is 4.39 Å². The molecule has 8 nitrogen and oxygen atoms in total. The van der Waals surface area contributed by atoms with Crippen LogP contribution in [0.3, 0.4) is 0 Å². The van der Waals surface area contributed by atoms with Gasteiger partial charge in [-0.1, -0.05) is 18.2 Å². The number of ether oxygens (including phenoxy) is 1. The van der Waals surface area contributed by atoms with Crippen molar-refractivity contribution in [3.63, 3.8) is 0 Å². The minimum Gasteiger partial charge on any atom is -0.485 e. The second-order valence-electron chi connectivity index (χ2n) is 6.83. The molecule has 0 fully saturated rings. The predicted octanol–water partition coefficient (Wildman–Crippen LogP) is 2.17. The first-order chi connectivity index (χ1) is 14.8. The van der Waals surface area contributed by atoms with Gasteiger partial charge in [0, 0.05) is 17.4 Å². The fourth-order valence-corrected chi connectivity index (χ4v) is 3.22. The van der Waals surface area contributed by atoms with Crippen LogP contribution in [0.5, 0.6) is 5.75 Å². The number of nitrogens with two attached hydrogens (primary N) is 1. The zero-order chi connectivity index (χ0) is 22.5. The minimum atomic E-state index is -1.26. The molecule has 3 rings (SSSR count). The first kappa shape index (κ1) is 22.0. The molecule has 0 aliphatic heterocycles. The Morgan fingerprint density at radius 2 is 2.03 bits per heavy atom. The Kier molecular flexibility index (Phi) is 6.66. The lowest BCUT2D eigenvalue weighted by molar-refractivity contribution is -0.120. The van der Waals surface area contributed by atoms with E-state index in [2.05, 4.69) is 5.32 Å². The van der Waals surface area contributed by atoms with Crippen LogP contribution < -0.4 is 15.8 Å². The van der Waals surface area contributed by atoms with Gasteiger partial charge in [0.25, 0.3) is 5.91 Å². The number of aliphatic hydroxyl groups excluding tert-OH is 1. The van der Waals surface area contributed by atoms with Gasteiger partial charge in [0.1, 0.15) is 41.3 Å². The number of aryl methyl sites for hydroxylation is 1. The zero-order valence-electron chi connectivity index (χ0n) is 16.6. The molecule has 1 heterocycles. The number of furan rings is 1. The molecule has 3 aromatic rings. The SMILES string of the molecule is Cc1oc2ccc(OC(CC=O)c3ccccc3F)cc2c1C(=O)N[C@@H](CO)C(N)=O. The van der Waals surface area contributed by atoms with Crippen LogP contribution in [0.2, 0.25) is 0 Å². The Labute approximate surface area is 176 Å². The summed E-state index contributed by atoms with van der Waals surface area (Å²) in [6.07, 6.45) is -0.307. The van der Waals surface area contributed by atoms with Gasteiger partial charge in [-0.2, -0.15) is 0 Å². The molecule has 0 bridgehead atoms. The molecule has 0 aliphatic rings. The number of nitrogens with one attached hydrogen (secondary N) is 1. The molecule has 0 radical (unpaired) electrons. The number of hydrogen-bond acceptors (Lipinski definition) is 6. The number of benzene rings is 2. The van der Waals surface area contributed by atoms with Crippen molar-refractivity contribution in [2.45, 2.75) is 25.5 Å². The molecule has 31 heavy (non-hydrogen) atoms. The van der Waals surface area contributed by atoms with Gasteiger partial charge >= 0.3 is 0 Å². The summed E-state index contributed by atoms with van der Waals surface area (Å²) in [6.45, 7) is 0.919. The minimum absolute atomic E-state index is 0.0759. The van der Waals surface area contributed by atoms with Gasteiger partial charge in [0.2, 0.25) is 5.91 Å². The molecule has 1 aromatic heterocycles. The van der Waals surface area contributed by atoms with Crippen LogP contribution in [-0.4, -0.2) is 35.9 Å². The summed E-state index contributed by atoms with van der Waals surface area (Å²) in [4.78, 5) is 35.1. The molecular formula is C22H21FN2O6. The average Bonchev–Trinajstić information content (AvgIpc) is 3.06. The topological polar surface area (TPSA) is 132 Å². The lowest BCUT2D eigenvalue weighted by atomic mass is 10.1. The number of carbonyl (C=O) groups is 3. The maximum Gasteiger partial charge on any atom is 0.256 e. The summed E-state index contributed by atoms with van der Waals surface area (Å²) >= 11 is 0. The summed E-state index contributed by atoms with van der Waals surface area (Å²) < 4.78 is 25.6. The van der Waals surface area contributed by atoms with E-state index < -0.39 is 36.4 Å². The number of aldehydes is 1. The Morgan fingerprint density at radius 1 is 1.29 bits per heavy atom. The van der Waals surface area contributed by atoms with Crippen molar-refractivity contribution in [3.8, 4) is 5.75 Å². The highest BCUT2D eigenvalue weighted by Crippen LogP contribution is 2.32.